The Kier molecular flexibility index (Phi) is 5.54. The van der Waals surface area contributed by atoms with Crippen LogP contribution >= 0.6 is 0 Å². The van der Waals surface area contributed by atoms with Crippen LogP contribution in [0.1, 0.15) is 63.9 Å². The topological polar surface area (TPSA) is 88.4 Å². The third-order valence-electron chi connectivity index (χ3n) is 5.45. The minimum atomic E-state index is 0.352. The maximum atomic E-state index is 4.95. The molecule has 1 aliphatic heterocycles. The highest BCUT2D eigenvalue weighted by atomic mass is 15.3. The van der Waals surface area contributed by atoms with Gasteiger partial charge in [0.15, 0.2) is 5.65 Å². The molecule has 28 heavy (non-hydrogen) atoms. The Morgan fingerprint density at radius 3 is 2.86 bits per heavy atom. The molecule has 1 N–H and O–H groups in total. The molecule has 3 aromatic rings. The molecule has 1 fully saturated rings. The molecular formula is C20H30N8. The van der Waals surface area contributed by atoms with E-state index in [0.717, 1.165) is 80.1 Å². The van der Waals surface area contributed by atoms with E-state index < -0.39 is 0 Å². The fourth-order valence-corrected chi connectivity index (χ4v) is 4.10. The molecule has 150 valence electrons. The van der Waals surface area contributed by atoms with Crippen molar-refractivity contribution in [3.05, 3.63) is 24.2 Å². The normalized spacial score (nSPS) is 17.7. The van der Waals surface area contributed by atoms with E-state index in [9.17, 15) is 0 Å². The summed E-state index contributed by atoms with van der Waals surface area (Å²) < 4.78 is 2.08. The van der Waals surface area contributed by atoms with Gasteiger partial charge in [-0.05, 0) is 31.6 Å². The number of piperidine rings is 1. The number of fused-ring (bicyclic) bond motifs is 1. The fraction of sp³-hybridized carbons (Fsp3) is 0.650. The van der Waals surface area contributed by atoms with Gasteiger partial charge in [0.05, 0.1) is 11.1 Å². The zero-order valence-corrected chi connectivity index (χ0v) is 17.1. The second-order valence-electron chi connectivity index (χ2n) is 8.17. The van der Waals surface area contributed by atoms with Crippen molar-refractivity contribution in [1.29, 1.82) is 0 Å². The van der Waals surface area contributed by atoms with Crippen molar-refractivity contribution in [3.8, 4) is 0 Å². The van der Waals surface area contributed by atoms with Gasteiger partial charge in [-0.25, -0.2) is 19.6 Å². The van der Waals surface area contributed by atoms with E-state index in [0.29, 0.717) is 11.8 Å². The predicted molar refractivity (Wildman–Crippen MR) is 109 cm³/mol. The molecule has 0 spiro atoms. The van der Waals surface area contributed by atoms with Crippen LogP contribution in [0.2, 0.25) is 0 Å². The van der Waals surface area contributed by atoms with Crippen molar-refractivity contribution in [1.82, 2.24) is 34.9 Å². The number of hydrogen-bond acceptors (Lipinski definition) is 6. The molecular weight excluding hydrogens is 352 g/mol. The lowest BCUT2D eigenvalue weighted by Gasteiger charge is -2.32. The Morgan fingerprint density at radius 1 is 1.21 bits per heavy atom. The van der Waals surface area contributed by atoms with E-state index in [1.54, 1.807) is 12.7 Å². The number of nitrogens with zero attached hydrogens (tertiary/aromatic N) is 7. The largest absolute Gasteiger partial charge is 0.355 e. The van der Waals surface area contributed by atoms with Gasteiger partial charge in [0, 0.05) is 25.6 Å². The first-order valence-electron chi connectivity index (χ1n) is 10.5. The van der Waals surface area contributed by atoms with Crippen molar-refractivity contribution in [2.24, 2.45) is 5.92 Å². The molecule has 0 amide bonds. The van der Waals surface area contributed by atoms with Crippen LogP contribution in [0.15, 0.2) is 12.7 Å². The Hall–Kier alpha value is -2.51. The van der Waals surface area contributed by atoms with E-state index in [-0.39, 0.29) is 0 Å². The van der Waals surface area contributed by atoms with Crippen LogP contribution < -0.4 is 4.90 Å². The van der Waals surface area contributed by atoms with E-state index in [1.807, 2.05) is 0 Å². The highest BCUT2D eigenvalue weighted by Crippen LogP contribution is 2.33. The number of unbranched alkanes of at least 4 members (excludes halogenated alkanes) is 1. The quantitative estimate of drug-likeness (QED) is 0.674. The maximum absolute atomic E-state index is 4.95. The van der Waals surface area contributed by atoms with Gasteiger partial charge in [0.2, 0.25) is 0 Å². The average molecular weight is 383 g/mol. The van der Waals surface area contributed by atoms with Gasteiger partial charge in [-0.2, -0.15) is 10.2 Å². The summed E-state index contributed by atoms with van der Waals surface area (Å²) in [5.74, 6) is 2.88. The van der Waals surface area contributed by atoms with Crippen LogP contribution in [0.5, 0.6) is 0 Å². The van der Waals surface area contributed by atoms with Crippen LogP contribution in [-0.2, 0) is 13.0 Å². The first-order chi connectivity index (χ1) is 13.7. The second kappa shape index (κ2) is 8.24. The van der Waals surface area contributed by atoms with Gasteiger partial charge in [-0.1, -0.05) is 27.2 Å². The standard InChI is InChI=1S/C20H30N8/c1-4-5-9-28-20-17(16(26-28)10-14(2)3)19(22-12-23-20)27-8-6-7-15(11-27)18-21-13-24-25-18/h12-15H,4-11H2,1-3H3,(H,21,24,25). The minimum absolute atomic E-state index is 0.352. The monoisotopic (exact) mass is 382 g/mol. The molecule has 8 heteroatoms. The van der Waals surface area contributed by atoms with E-state index in [4.69, 9.17) is 10.1 Å². The SMILES string of the molecule is CCCCn1nc(CC(C)C)c2c(N3CCCC(c4ncn[nH]4)C3)ncnc21. The summed E-state index contributed by atoms with van der Waals surface area (Å²) in [6, 6.07) is 0. The van der Waals surface area contributed by atoms with E-state index in [2.05, 4.69) is 50.5 Å². The number of aromatic amines is 1. The van der Waals surface area contributed by atoms with E-state index in [1.165, 1.54) is 0 Å². The molecule has 4 heterocycles. The molecule has 8 nitrogen and oxygen atoms in total. The Labute approximate surface area is 165 Å². The van der Waals surface area contributed by atoms with Crippen LogP contribution in [0, 0.1) is 5.92 Å². The first kappa shape index (κ1) is 18.8. The molecule has 3 aromatic heterocycles. The van der Waals surface area contributed by atoms with Gasteiger partial charge >= 0.3 is 0 Å². The molecule has 0 radical (unpaired) electrons. The van der Waals surface area contributed by atoms with Crippen molar-refractivity contribution in [3.63, 3.8) is 0 Å². The van der Waals surface area contributed by atoms with Crippen LogP contribution in [0.4, 0.5) is 5.82 Å². The van der Waals surface area contributed by atoms with Gasteiger partial charge in [-0.3, -0.25) is 5.10 Å². The molecule has 4 rings (SSSR count). The van der Waals surface area contributed by atoms with Gasteiger partial charge in [-0.15, -0.1) is 0 Å². The average Bonchev–Trinajstić information content (AvgIpc) is 3.35. The molecule has 0 aromatic carbocycles. The Morgan fingerprint density at radius 2 is 2.11 bits per heavy atom. The zero-order valence-electron chi connectivity index (χ0n) is 17.1. The molecule has 1 saturated heterocycles. The summed E-state index contributed by atoms with van der Waals surface area (Å²) in [6.45, 7) is 9.48. The highest BCUT2D eigenvalue weighted by Gasteiger charge is 2.27. The lowest BCUT2D eigenvalue weighted by atomic mass is 9.97. The lowest BCUT2D eigenvalue weighted by molar-refractivity contribution is 0.490. The molecule has 1 atom stereocenters. The number of aryl methyl sites for hydroxylation is 1. The third kappa shape index (κ3) is 3.72. The molecule has 0 bridgehead atoms. The Bertz CT molecular complexity index is 898. The number of rotatable bonds is 7. The number of hydrogen-bond donors (Lipinski definition) is 1. The first-order valence-corrected chi connectivity index (χ1v) is 10.5. The molecule has 1 unspecified atom stereocenters. The van der Waals surface area contributed by atoms with Crippen molar-refractivity contribution in [2.75, 3.05) is 18.0 Å². The van der Waals surface area contributed by atoms with Crippen LogP contribution in [0.25, 0.3) is 11.0 Å². The van der Waals surface area contributed by atoms with Crippen LogP contribution in [-0.4, -0.2) is 48.0 Å². The van der Waals surface area contributed by atoms with Gasteiger partial charge in [0.1, 0.15) is 24.3 Å². The zero-order chi connectivity index (χ0) is 19.5. The van der Waals surface area contributed by atoms with Gasteiger partial charge in [0.25, 0.3) is 0 Å². The fourth-order valence-electron chi connectivity index (χ4n) is 4.10. The summed E-state index contributed by atoms with van der Waals surface area (Å²) in [5.41, 5.74) is 2.09. The highest BCUT2D eigenvalue weighted by molar-refractivity contribution is 5.90. The predicted octanol–water partition coefficient (Wildman–Crippen LogP) is 3.33. The number of aromatic nitrogens is 7. The molecule has 1 aliphatic rings. The second-order valence-corrected chi connectivity index (χ2v) is 8.17. The van der Waals surface area contributed by atoms with Crippen molar-refractivity contribution < 1.29 is 0 Å². The van der Waals surface area contributed by atoms with Crippen LogP contribution in [0.3, 0.4) is 0 Å². The van der Waals surface area contributed by atoms with Crippen molar-refractivity contribution >= 4 is 16.9 Å². The lowest BCUT2D eigenvalue weighted by Crippen LogP contribution is -2.35. The minimum Gasteiger partial charge on any atom is -0.355 e. The summed E-state index contributed by atoms with van der Waals surface area (Å²) in [4.78, 5) is 16.1. The third-order valence-corrected chi connectivity index (χ3v) is 5.45. The number of H-pyrrole nitrogens is 1. The smallest absolute Gasteiger partial charge is 0.163 e. The Balaban J connectivity index is 1.72. The van der Waals surface area contributed by atoms with Crippen molar-refractivity contribution in [2.45, 2.75) is 65.3 Å². The van der Waals surface area contributed by atoms with E-state index >= 15 is 0 Å². The summed E-state index contributed by atoms with van der Waals surface area (Å²) in [5, 5.41) is 13.2. The molecule has 0 aliphatic carbocycles. The van der Waals surface area contributed by atoms with Gasteiger partial charge < -0.3 is 4.90 Å². The summed E-state index contributed by atoms with van der Waals surface area (Å²) >= 11 is 0. The summed E-state index contributed by atoms with van der Waals surface area (Å²) in [7, 11) is 0. The maximum Gasteiger partial charge on any atom is 0.163 e. The number of anilines is 1. The molecule has 0 saturated carbocycles. The number of nitrogens with one attached hydrogen (secondary N) is 1. The summed E-state index contributed by atoms with van der Waals surface area (Å²) in [6.07, 6.45) is 8.71.